The molecule has 0 spiro atoms. The first-order valence-corrected chi connectivity index (χ1v) is 12.1. The van der Waals surface area contributed by atoms with Crippen LogP contribution in [0.5, 0.6) is 5.75 Å². The lowest BCUT2D eigenvalue weighted by atomic mass is 9.89. The number of primary amides is 1. The molecule has 7 nitrogen and oxygen atoms in total. The number of nitrogens with two attached hydrogens (primary N) is 1. The van der Waals surface area contributed by atoms with Crippen molar-refractivity contribution in [2.75, 3.05) is 5.32 Å². The van der Waals surface area contributed by atoms with Crippen LogP contribution in [0.25, 0.3) is 11.1 Å². The summed E-state index contributed by atoms with van der Waals surface area (Å²) < 4.78 is 21.7. The molecule has 36 heavy (non-hydrogen) atoms. The maximum Gasteiger partial charge on any atom is 0.252 e. The molecule has 0 fully saturated rings. The zero-order valence-electron chi connectivity index (χ0n) is 20.2. The van der Waals surface area contributed by atoms with E-state index in [0.717, 1.165) is 23.6 Å². The fourth-order valence-corrected chi connectivity index (χ4v) is 4.58. The van der Waals surface area contributed by atoms with Gasteiger partial charge >= 0.3 is 0 Å². The molecular formula is C27H27ClFN3O4. The molecule has 2 aromatic carbocycles. The topological polar surface area (TPSA) is 103 Å². The lowest BCUT2D eigenvalue weighted by molar-refractivity contribution is -0.119. The number of halogens is 2. The minimum absolute atomic E-state index is 0.140. The van der Waals surface area contributed by atoms with Crippen molar-refractivity contribution in [3.8, 4) is 16.9 Å². The molecule has 0 radical (unpaired) electrons. The van der Waals surface area contributed by atoms with Crippen LogP contribution in [0.2, 0.25) is 5.02 Å². The number of fused-ring (bicyclic) bond motifs is 3. The van der Waals surface area contributed by atoms with Gasteiger partial charge < -0.3 is 15.8 Å². The second-order valence-electron chi connectivity index (χ2n) is 9.07. The van der Waals surface area contributed by atoms with Gasteiger partial charge in [0.15, 0.2) is 0 Å². The third-order valence-electron chi connectivity index (χ3n) is 6.59. The molecular weight excluding hydrogens is 485 g/mol. The van der Waals surface area contributed by atoms with E-state index in [1.807, 2.05) is 25.1 Å². The van der Waals surface area contributed by atoms with Gasteiger partial charge in [0, 0.05) is 22.3 Å². The number of anilines is 1. The molecule has 0 saturated carbocycles. The van der Waals surface area contributed by atoms with Gasteiger partial charge in [0.25, 0.3) is 11.5 Å². The number of carbonyl (C=O) groups is 2. The van der Waals surface area contributed by atoms with Crippen molar-refractivity contribution in [2.45, 2.75) is 45.8 Å². The Kier molecular flexibility index (Phi) is 7.17. The number of pyridine rings is 1. The number of aromatic nitrogens is 1. The second kappa shape index (κ2) is 10.1. The molecule has 0 aliphatic carbocycles. The second-order valence-corrected chi connectivity index (χ2v) is 9.51. The minimum Gasteiger partial charge on any atom is -0.488 e. The molecule has 2 heterocycles. The van der Waals surface area contributed by atoms with Crippen molar-refractivity contribution < 1.29 is 18.7 Å². The van der Waals surface area contributed by atoms with Gasteiger partial charge in [0.05, 0.1) is 17.9 Å². The standard InChI is InChI=1S/C27H27ClFN3O4/c1-4-23(27(35)31-18-7-8-19(26(30)34)22(29)11-18)32-13-24-21(12-25(32)33)20-10-17(28)6-5-16(20)9-14(2)15(3)36-24/h5-8,10-15,23H,4,9H2,1-3H3,(H2,30,34)(H,31,35). The molecule has 3 N–H and O–H groups in total. The van der Waals surface area contributed by atoms with Crippen LogP contribution < -0.4 is 21.3 Å². The summed E-state index contributed by atoms with van der Waals surface area (Å²) in [6, 6.07) is 9.78. The van der Waals surface area contributed by atoms with Crippen molar-refractivity contribution in [2.24, 2.45) is 11.7 Å². The van der Waals surface area contributed by atoms with E-state index in [0.29, 0.717) is 22.8 Å². The van der Waals surface area contributed by atoms with Gasteiger partial charge in [0.1, 0.15) is 17.6 Å². The summed E-state index contributed by atoms with van der Waals surface area (Å²) in [5.74, 6) is -1.60. The number of nitrogens with one attached hydrogen (secondary N) is 1. The van der Waals surface area contributed by atoms with Crippen molar-refractivity contribution >= 4 is 29.1 Å². The Morgan fingerprint density at radius 1 is 1.19 bits per heavy atom. The zero-order valence-corrected chi connectivity index (χ0v) is 20.9. The molecule has 1 aromatic heterocycles. The van der Waals surface area contributed by atoms with Crippen molar-refractivity contribution in [1.82, 2.24) is 4.57 Å². The van der Waals surface area contributed by atoms with E-state index in [-0.39, 0.29) is 28.8 Å². The maximum atomic E-state index is 14.2. The Hall–Kier alpha value is -3.65. The van der Waals surface area contributed by atoms with Crippen LogP contribution in [0.1, 0.15) is 49.2 Å². The number of benzene rings is 2. The van der Waals surface area contributed by atoms with E-state index in [9.17, 15) is 18.8 Å². The minimum atomic E-state index is -0.907. The van der Waals surface area contributed by atoms with Crippen LogP contribution in [0, 0.1) is 11.7 Å². The highest BCUT2D eigenvalue weighted by molar-refractivity contribution is 6.30. The van der Waals surface area contributed by atoms with E-state index >= 15 is 0 Å². The van der Waals surface area contributed by atoms with Crippen molar-refractivity contribution in [3.63, 3.8) is 0 Å². The van der Waals surface area contributed by atoms with Crippen LogP contribution >= 0.6 is 11.6 Å². The Bertz CT molecular complexity index is 1400. The van der Waals surface area contributed by atoms with E-state index < -0.39 is 23.7 Å². The zero-order chi connectivity index (χ0) is 26.1. The normalized spacial score (nSPS) is 17.6. The lowest BCUT2D eigenvalue weighted by Crippen LogP contribution is -2.33. The third kappa shape index (κ3) is 4.99. The molecule has 3 aromatic rings. The number of ether oxygens (including phenoxy) is 1. The van der Waals surface area contributed by atoms with Crippen molar-refractivity contribution in [1.29, 1.82) is 0 Å². The number of rotatable bonds is 5. The lowest BCUT2D eigenvalue weighted by Gasteiger charge is -2.29. The number of hydrogen-bond donors (Lipinski definition) is 2. The maximum absolute atomic E-state index is 14.2. The summed E-state index contributed by atoms with van der Waals surface area (Å²) >= 11 is 6.27. The summed E-state index contributed by atoms with van der Waals surface area (Å²) in [4.78, 5) is 37.6. The molecule has 0 saturated heterocycles. The summed E-state index contributed by atoms with van der Waals surface area (Å²) in [6.07, 6.45) is 2.47. The molecule has 1 aliphatic rings. The number of amides is 2. The Labute approximate surface area is 213 Å². The highest BCUT2D eigenvalue weighted by Crippen LogP contribution is 2.38. The number of hydrogen-bond acceptors (Lipinski definition) is 4. The molecule has 0 bridgehead atoms. The molecule has 3 atom stereocenters. The molecule has 9 heteroatoms. The monoisotopic (exact) mass is 511 g/mol. The van der Waals surface area contributed by atoms with Gasteiger partial charge in [0.2, 0.25) is 5.91 Å². The first kappa shape index (κ1) is 25.4. The molecule has 2 amide bonds. The van der Waals surface area contributed by atoms with Gasteiger partial charge in [-0.3, -0.25) is 19.0 Å². The van der Waals surface area contributed by atoms with E-state index in [4.69, 9.17) is 22.1 Å². The van der Waals surface area contributed by atoms with Crippen molar-refractivity contribution in [3.05, 3.63) is 81.0 Å². The fraction of sp³-hybridized carbons (Fsp3) is 0.296. The first-order chi connectivity index (χ1) is 17.1. The average molecular weight is 512 g/mol. The van der Waals surface area contributed by atoms with E-state index in [1.165, 1.54) is 22.8 Å². The summed E-state index contributed by atoms with van der Waals surface area (Å²) in [5.41, 5.74) is 7.11. The Morgan fingerprint density at radius 3 is 2.61 bits per heavy atom. The summed E-state index contributed by atoms with van der Waals surface area (Å²) in [7, 11) is 0. The quantitative estimate of drug-likeness (QED) is 0.505. The smallest absolute Gasteiger partial charge is 0.252 e. The largest absolute Gasteiger partial charge is 0.488 e. The van der Waals surface area contributed by atoms with Gasteiger partial charge in [-0.2, -0.15) is 0 Å². The number of nitrogens with zero attached hydrogens (tertiary/aromatic N) is 1. The highest BCUT2D eigenvalue weighted by Gasteiger charge is 2.27. The third-order valence-corrected chi connectivity index (χ3v) is 6.82. The Morgan fingerprint density at radius 2 is 1.94 bits per heavy atom. The molecule has 3 unspecified atom stereocenters. The van der Waals surface area contributed by atoms with E-state index in [2.05, 4.69) is 12.2 Å². The predicted molar refractivity (Wildman–Crippen MR) is 137 cm³/mol. The van der Waals surface area contributed by atoms with Gasteiger partial charge in [-0.15, -0.1) is 0 Å². The van der Waals surface area contributed by atoms with Gasteiger partial charge in [-0.1, -0.05) is 31.5 Å². The molecule has 1 aliphatic heterocycles. The summed E-state index contributed by atoms with van der Waals surface area (Å²) in [6.45, 7) is 5.83. The SMILES string of the molecule is CCC(C(=O)Nc1ccc(C(N)=O)c(F)c1)n1cc2c(cc1=O)-c1cc(Cl)ccc1CC(C)C(C)O2. The van der Waals surface area contributed by atoms with Gasteiger partial charge in [-0.05, 0) is 67.1 Å². The van der Waals surface area contributed by atoms with Crippen LogP contribution in [-0.2, 0) is 11.2 Å². The first-order valence-electron chi connectivity index (χ1n) is 11.7. The van der Waals surface area contributed by atoms with Gasteiger partial charge in [-0.25, -0.2) is 4.39 Å². The predicted octanol–water partition coefficient (Wildman–Crippen LogP) is 4.96. The summed E-state index contributed by atoms with van der Waals surface area (Å²) in [5, 5.41) is 3.16. The van der Waals surface area contributed by atoms with Crippen LogP contribution in [0.15, 0.2) is 53.5 Å². The average Bonchev–Trinajstić information content (AvgIpc) is 2.81. The fourth-order valence-electron chi connectivity index (χ4n) is 4.41. The highest BCUT2D eigenvalue weighted by atomic mass is 35.5. The van der Waals surface area contributed by atoms with E-state index in [1.54, 1.807) is 13.1 Å². The van der Waals surface area contributed by atoms with Crippen LogP contribution in [0.3, 0.4) is 0 Å². The number of carbonyl (C=O) groups excluding carboxylic acids is 2. The van der Waals surface area contributed by atoms with Crippen LogP contribution in [0.4, 0.5) is 10.1 Å². The molecule has 4 rings (SSSR count). The molecule has 188 valence electrons. The Balaban J connectivity index is 1.73. The van der Waals surface area contributed by atoms with Crippen LogP contribution in [-0.4, -0.2) is 22.5 Å².